The number of hydrogen-bond donors (Lipinski definition) is 1. The second-order valence-electron chi connectivity index (χ2n) is 12.3. The van der Waals surface area contributed by atoms with Crippen LogP contribution in [-0.2, 0) is 22.7 Å². The molecule has 6 rings (SSSR count). The molecule has 3 aromatic carbocycles. The largest absolute Gasteiger partial charge is 0.492 e. The summed E-state index contributed by atoms with van der Waals surface area (Å²) in [6.07, 6.45) is 2.20. The van der Waals surface area contributed by atoms with Gasteiger partial charge in [-0.1, -0.05) is 53.5 Å². The van der Waals surface area contributed by atoms with Crippen LogP contribution in [0.1, 0.15) is 36.0 Å². The van der Waals surface area contributed by atoms with Crippen LogP contribution in [0.2, 0.25) is 10.0 Å². The molecule has 3 atom stereocenters. The lowest BCUT2D eigenvalue weighted by atomic mass is 9.96. The molecule has 2 saturated heterocycles. The van der Waals surface area contributed by atoms with Gasteiger partial charge in [-0.3, -0.25) is 9.69 Å². The van der Waals surface area contributed by atoms with E-state index in [4.69, 9.17) is 42.1 Å². The molecule has 0 amide bonds. The number of carbonyl (C=O) groups excluding carboxylic acids is 1. The highest BCUT2D eigenvalue weighted by Crippen LogP contribution is 2.39. The van der Waals surface area contributed by atoms with Crippen LogP contribution in [0, 0.1) is 12.8 Å². The van der Waals surface area contributed by atoms with Gasteiger partial charge >= 0.3 is 5.97 Å². The molecule has 240 valence electrons. The zero-order valence-corrected chi connectivity index (χ0v) is 27.3. The third kappa shape index (κ3) is 7.36. The average molecular weight is 656 g/mol. The highest BCUT2D eigenvalue weighted by Gasteiger charge is 2.35. The number of rotatable bonds is 8. The Balaban J connectivity index is 1.17. The first kappa shape index (κ1) is 32.0. The van der Waals surface area contributed by atoms with Crippen LogP contribution in [0.3, 0.4) is 0 Å². The summed E-state index contributed by atoms with van der Waals surface area (Å²) in [4.78, 5) is 16.6. The molecular weight excluding hydrogens is 615 g/mol. The molecule has 10 heteroatoms. The number of aliphatic hydroxyl groups is 1. The minimum absolute atomic E-state index is 0.0920. The van der Waals surface area contributed by atoms with Crippen molar-refractivity contribution in [1.29, 1.82) is 0 Å². The molecule has 0 bridgehead atoms. The molecule has 0 aliphatic carbocycles. The van der Waals surface area contributed by atoms with E-state index in [1.165, 1.54) is 12.8 Å². The second kappa shape index (κ2) is 14.2. The second-order valence-corrected chi connectivity index (χ2v) is 13.1. The van der Waals surface area contributed by atoms with Gasteiger partial charge in [-0.05, 0) is 62.2 Å². The maximum Gasteiger partial charge on any atom is 0.323 e. The lowest BCUT2D eigenvalue weighted by molar-refractivity contribution is -0.143. The van der Waals surface area contributed by atoms with Gasteiger partial charge in [0.05, 0.1) is 23.3 Å². The smallest absolute Gasteiger partial charge is 0.323 e. The fourth-order valence-electron chi connectivity index (χ4n) is 6.53. The fourth-order valence-corrected chi connectivity index (χ4v) is 7.05. The maximum absolute atomic E-state index is 12.3. The van der Waals surface area contributed by atoms with Crippen LogP contribution in [0.15, 0.2) is 48.5 Å². The number of piperidine rings is 1. The quantitative estimate of drug-likeness (QED) is 0.290. The molecule has 3 aliphatic heterocycles. The number of aliphatic hydroxyl groups excluding tert-OH is 1. The van der Waals surface area contributed by atoms with Crippen LogP contribution >= 0.6 is 23.2 Å². The van der Waals surface area contributed by atoms with Crippen LogP contribution in [-0.4, -0.2) is 79.5 Å². The number of fused-ring (bicyclic) bond motifs is 1. The van der Waals surface area contributed by atoms with Gasteiger partial charge in [-0.15, -0.1) is 0 Å². The topological polar surface area (TPSA) is 80.7 Å². The molecule has 8 nitrogen and oxygen atoms in total. The Morgan fingerprint density at radius 2 is 1.82 bits per heavy atom. The van der Waals surface area contributed by atoms with Gasteiger partial charge in [-0.25, -0.2) is 0 Å². The van der Waals surface area contributed by atoms with Crippen LogP contribution in [0.5, 0.6) is 17.2 Å². The van der Waals surface area contributed by atoms with Crippen molar-refractivity contribution in [2.75, 3.05) is 46.5 Å². The van der Waals surface area contributed by atoms with Crippen molar-refractivity contribution >= 4 is 29.2 Å². The Labute approximate surface area is 274 Å². The third-order valence-corrected chi connectivity index (χ3v) is 9.68. The Bertz CT molecular complexity index is 1530. The first-order chi connectivity index (χ1) is 21.8. The van der Waals surface area contributed by atoms with Crippen LogP contribution in [0.4, 0.5) is 0 Å². The number of carbonyl (C=O) groups is 1. The molecule has 0 spiro atoms. The molecule has 0 aromatic heterocycles. The van der Waals surface area contributed by atoms with E-state index in [9.17, 15) is 9.90 Å². The first-order valence-electron chi connectivity index (χ1n) is 15.6. The molecule has 1 N–H and O–H groups in total. The molecule has 3 heterocycles. The van der Waals surface area contributed by atoms with Crippen molar-refractivity contribution in [2.45, 2.75) is 51.5 Å². The predicted molar refractivity (Wildman–Crippen MR) is 174 cm³/mol. The Hall–Kier alpha value is -3.01. The minimum atomic E-state index is -0.748. The Morgan fingerprint density at radius 1 is 1.00 bits per heavy atom. The third-order valence-electron chi connectivity index (χ3n) is 8.99. The monoisotopic (exact) mass is 654 g/mol. The van der Waals surface area contributed by atoms with Crippen LogP contribution < -0.4 is 14.2 Å². The minimum Gasteiger partial charge on any atom is -0.492 e. The summed E-state index contributed by atoms with van der Waals surface area (Å²) in [5.41, 5.74) is 4.79. The van der Waals surface area contributed by atoms with Gasteiger partial charge in [0.2, 0.25) is 0 Å². The molecular formula is C35H40Cl2N2O6. The van der Waals surface area contributed by atoms with Crippen molar-refractivity contribution < 1.29 is 28.8 Å². The lowest BCUT2D eigenvalue weighted by Crippen LogP contribution is -2.45. The van der Waals surface area contributed by atoms with Gasteiger partial charge < -0.3 is 29.0 Å². The van der Waals surface area contributed by atoms with Crippen molar-refractivity contribution in [1.82, 2.24) is 9.80 Å². The first-order valence-corrected chi connectivity index (χ1v) is 16.4. The number of halogens is 2. The fraction of sp³-hybridized carbons (Fsp3) is 0.457. The summed E-state index contributed by atoms with van der Waals surface area (Å²) in [6, 6.07) is 15.2. The number of benzene rings is 3. The van der Waals surface area contributed by atoms with Gasteiger partial charge in [0, 0.05) is 49.2 Å². The number of ether oxygens (including phenoxy) is 4. The standard InChI is InChI=1S/C35H40Cl2N2O6/c1-22-24(7-3-8-27(22)28-9-4-10-31(34(28)37)43-19-23-6-5-12-38(2)16-23)20-44-33-15-32-25(14-29(33)36)17-39(18-26(40)21-45-32)30-11-13-42-35(30)41/h3-4,7-10,14-15,23,26,30,40H,5-6,11-13,16-21H2,1-2H3. The number of β-amino-alcohol motifs (C(OH)–C–C–N with tert-alkyl or cyclic N) is 1. The highest BCUT2D eigenvalue weighted by molar-refractivity contribution is 6.35. The summed E-state index contributed by atoms with van der Waals surface area (Å²) in [5, 5.41) is 11.6. The SMILES string of the molecule is Cc1c(COc2cc3c(cc2Cl)CN(C2CCOC2=O)CC(O)CO3)cccc1-c1cccc(OCC2CCCN(C)C2)c1Cl. The normalized spacial score (nSPS) is 22.6. The summed E-state index contributed by atoms with van der Waals surface area (Å²) in [7, 11) is 2.16. The Kier molecular flexibility index (Phi) is 10.1. The molecule has 0 radical (unpaired) electrons. The van der Waals surface area contributed by atoms with E-state index in [0.717, 1.165) is 40.9 Å². The van der Waals surface area contributed by atoms with E-state index in [1.807, 2.05) is 41.3 Å². The van der Waals surface area contributed by atoms with Gasteiger partial charge in [-0.2, -0.15) is 0 Å². The van der Waals surface area contributed by atoms with Gasteiger partial charge in [0.1, 0.15) is 42.6 Å². The van der Waals surface area contributed by atoms with E-state index >= 15 is 0 Å². The lowest BCUT2D eigenvalue weighted by Gasteiger charge is -2.31. The zero-order valence-electron chi connectivity index (χ0n) is 25.8. The zero-order chi connectivity index (χ0) is 31.5. The summed E-state index contributed by atoms with van der Waals surface area (Å²) in [5.74, 6) is 1.98. The number of hydrogen-bond acceptors (Lipinski definition) is 8. The van der Waals surface area contributed by atoms with Gasteiger partial charge in [0.25, 0.3) is 0 Å². The summed E-state index contributed by atoms with van der Waals surface area (Å²) < 4.78 is 23.6. The molecule has 45 heavy (non-hydrogen) atoms. The average Bonchev–Trinajstić information content (AvgIpc) is 3.45. The van der Waals surface area contributed by atoms with Gasteiger partial charge in [0.15, 0.2) is 0 Å². The summed E-state index contributed by atoms with van der Waals surface area (Å²) in [6.45, 7) is 6.35. The maximum atomic E-state index is 12.3. The number of likely N-dealkylation sites (tertiary alicyclic amines) is 1. The number of esters is 1. The van der Waals surface area contributed by atoms with Crippen molar-refractivity contribution in [2.24, 2.45) is 5.92 Å². The summed E-state index contributed by atoms with van der Waals surface area (Å²) >= 11 is 13.6. The van der Waals surface area contributed by atoms with Crippen molar-refractivity contribution in [3.8, 4) is 28.4 Å². The van der Waals surface area contributed by atoms with E-state index in [0.29, 0.717) is 65.9 Å². The molecule has 2 fully saturated rings. The van der Waals surface area contributed by atoms with Crippen molar-refractivity contribution in [3.63, 3.8) is 0 Å². The molecule has 3 aliphatic rings. The Morgan fingerprint density at radius 3 is 2.62 bits per heavy atom. The molecule has 3 aromatic rings. The van der Waals surface area contributed by atoms with Crippen LogP contribution in [0.25, 0.3) is 11.1 Å². The van der Waals surface area contributed by atoms with E-state index in [1.54, 1.807) is 6.07 Å². The highest BCUT2D eigenvalue weighted by atomic mass is 35.5. The van der Waals surface area contributed by atoms with E-state index in [-0.39, 0.29) is 19.2 Å². The number of nitrogens with zero attached hydrogens (tertiary/aromatic N) is 2. The number of cyclic esters (lactones) is 1. The molecule has 0 saturated carbocycles. The molecule has 3 unspecified atom stereocenters. The van der Waals surface area contributed by atoms with E-state index in [2.05, 4.69) is 24.9 Å². The van der Waals surface area contributed by atoms with Crippen molar-refractivity contribution in [3.05, 3.63) is 75.3 Å². The van der Waals surface area contributed by atoms with E-state index < -0.39 is 12.1 Å². The predicted octanol–water partition coefficient (Wildman–Crippen LogP) is 6.14.